The van der Waals surface area contributed by atoms with Gasteiger partial charge >= 0.3 is 0 Å². The van der Waals surface area contributed by atoms with E-state index in [1.165, 1.54) is 11.3 Å². The molecule has 0 radical (unpaired) electrons. The van der Waals surface area contributed by atoms with Gasteiger partial charge in [-0.3, -0.25) is 14.5 Å². The van der Waals surface area contributed by atoms with Crippen LogP contribution in [-0.2, 0) is 0 Å². The molecule has 1 saturated heterocycles. The molecular weight excluding hydrogens is 346 g/mol. The maximum atomic E-state index is 12.7. The minimum atomic E-state index is -0.0417. The first-order valence-corrected chi connectivity index (χ1v) is 9.53. The van der Waals surface area contributed by atoms with E-state index >= 15 is 0 Å². The number of Topliss-reactive ketones (excluding diaryl/α,β-unsaturated/α-hetero) is 1. The predicted molar refractivity (Wildman–Crippen MR) is 103 cm³/mol. The lowest BCUT2D eigenvalue weighted by Gasteiger charge is -2.34. The van der Waals surface area contributed by atoms with Crippen molar-refractivity contribution in [1.82, 2.24) is 14.8 Å². The highest BCUT2D eigenvalue weighted by Crippen LogP contribution is 2.15. The molecule has 132 valence electrons. The van der Waals surface area contributed by atoms with E-state index in [0.29, 0.717) is 38.4 Å². The Balaban J connectivity index is 1.37. The summed E-state index contributed by atoms with van der Waals surface area (Å²) in [5, 5.41) is 2.95. The van der Waals surface area contributed by atoms with Gasteiger partial charge < -0.3 is 4.90 Å². The van der Waals surface area contributed by atoms with Crippen molar-refractivity contribution < 1.29 is 9.59 Å². The van der Waals surface area contributed by atoms with Gasteiger partial charge in [-0.1, -0.05) is 30.3 Å². The van der Waals surface area contributed by atoms with Crippen molar-refractivity contribution in [3.8, 4) is 0 Å². The zero-order valence-corrected chi connectivity index (χ0v) is 15.1. The van der Waals surface area contributed by atoms with E-state index in [1.54, 1.807) is 6.07 Å². The zero-order chi connectivity index (χ0) is 17.9. The highest BCUT2D eigenvalue weighted by Gasteiger charge is 2.24. The molecule has 1 aliphatic rings. The maximum Gasteiger partial charge on any atom is 0.272 e. The molecule has 0 aliphatic carbocycles. The molecule has 26 heavy (non-hydrogen) atoms. The maximum absolute atomic E-state index is 12.7. The van der Waals surface area contributed by atoms with Gasteiger partial charge in [0.15, 0.2) is 5.78 Å². The van der Waals surface area contributed by atoms with Crippen LogP contribution in [0.4, 0.5) is 0 Å². The van der Waals surface area contributed by atoms with Crippen LogP contribution in [0.25, 0.3) is 10.9 Å². The van der Waals surface area contributed by atoms with Crippen molar-refractivity contribution in [3.05, 3.63) is 64.5 Å². The fraction of sp³-hybridized carbons (Fsp3) is 0.250. The third-order valence-electron chi connectivity index (χ3n) is 4.64. The van der Waals surface area contributed by atoms with Gasteiger partial charge in [-0.2, -0.15) is 0 Å². The number of carbonyl (C=O) groups is 2. The SMILES string of the molecule is O=C(CN1CCN(C(=O)c2ccc3ccccc3n2)CC1)c1cccs1. The number of hydrogen-bond donors (Lipinski definition) is 0. The molecule has 0 saturated carbocycles. The van der Waals surface area contributed by atoms with Crippen molar-refractivity contribution in [2.24, 2.45) is 0 Å². The molecule has 6 heteroatoms. The number of nitrogens with zero attached hydrogens (tertiary/aromatic N) is 3. The van der Waals surface area contributed by atoms with E-state index in [2.05, 4.69) is 9.88 Å². The second-order valence-corrected chi connectivity index (χ2v) is 7.31. The molecule has 3 heterocycles. The number of hydrogen-bond acceptors (Lipinski definition) is 5. The van der Waals surface area contributed by atoms with Gasteiger partial charge in [0.2, 0.25) is 0 Å². The summed E-state index contributed by atoms with van der Waals surface area (Å²) in [7, 11) is 0. The lowest BCUT2D eigenvalue weighted by Crippen LogP contribution is -2.50. The number of benzene rings is 1. The third kappa shape index (κ3) is 3.52. The molecular formula is C20H19N3O2S. The first-order valence-electron chi connectivity index (χ1n) is 8.65. The van der Waals surface area contributed by atoms with Gasteiger partial charge in [0.25, 0.3) is 5.91 Å². The van der Waals surface area contributed by atoms with Gasteiger partial charge in [-0.15, -0.1) is 11.3 Å². The summed E-state index contributed by atoms with van der Waals surface area (Å²) in [6, 6.07) is 15.3. The largest absolute Gasteiger partial charge is 0.335 e. The predicted octanol–water partition coefficient (Wildman–Crippen LogP) is 2.94. The van der Waals surface area contributed by atoms with Crippen LogP contribution in [0.1, 0.15) is 20.2 Å². The van der Waals surface area contributed by atoms with Gasteiger partial charge in [0, 0.05) is 31.6 Å². The number of piperazine rings is 1. The molecule has 1 amide bonds. The highest BCUT2D eigenvalue weighted by molar-refractivity contribution is 7.12. The molecule has 1 fully saturated rings. The summed E-state index contributed by atoms with van der Waals surface area (Å²) in [6.45, 7) is 3.06. The third-order valence-corrected chi connectivity index (χ3v) is 5.55. The molecule has 1 aliphatic heterocycles. The van der Waals surface area contributed by atoms with Crippen molar-refractivity contribution >= 4 is 33.9 Å². The molecule has 0 bridgehead atoms. The van der Waals surface area contributed by atoms with Gasteiger partial charge in [-0.05, 0) is 23.6 Å². The van der Waals surface area contributed by atoms with Crippen LogP contribution in [0, 0.1) is 0 Å². The number of ketones is 1. The Morgan fingerprint density at radius 1 is 0.962 bits per heavy atom. The normalized spacial score (nSPS) is 15.3. The number of amides is 1. The monoisotopic (exact) mass is 365 g/mol. The summed E-state index contributed by atoms with van der Waals surface area (Å²) in [5.74, 6) is 0.107. The standard InChI is InChI=1S/C20H19N3O2S/c24-18(19-6-3-13-26-19)14-22-9-11-23(12-10-22)20(25)17-8-7-15-4-1-2-5-16(15)21-17/h1-8,13H,9-12,14H2. The van der Waals surface area contributed by atoms with Crippen LogP contribution >= 0.6 is 11.3 Å². The van der Waals surface area contributed by atoms with Crippen LogP contribution in [0.2, 0.25) is 0 Å². The number of rotatable bonds is 4. The lowest BCUT2D eigenvalue weighted by atomic mass is 10.2. The second kappa shape index (κ2) is 7.35. The number of aromatic nitrogens is 1. The highest BCUT2D eigenvalue weighted by atomic mass is 32.1. The number of fused-ring (bicyclic) bond motifs is 1. The van der Waals surface area contributed by atoms with Crippen LogP contribution in [-0.4, -0.2) is 59.2 Å². The van der Waals surface area contributed by atoms with E-state index < -0.39 is 0 Å². The number of para-hydroxylation sites is 1. The molecule has 2 aromatic heterocycles. The van der Waals surface area contributed by atoms with E-state index in [0.717, 1.165) is 15.8 Å². The van der Waals surface area contributed by atoms with Crippen LogP contribution in [0.3, 0.4) is 0 Å². The topological polar surface area (TPSA) is 53.5 Å². The molecule has 0 N–H and O–H groups in total. The van der Waals surface area contributed by atoms with E-state index in [9.17, 15) is 9.59 Å². The van der Waals surface area contributed by atoms with Gasteiger partial charge in [0.05, 0.1) is 16.9 Å². The fourth-order valence-corrected chi connectivity index (χ4v) is 3.83. The molecule has 4 rings (SSSR count). The van der Waals surface area contributed by atoms with E-state index in [1.807, 2.05) is 52.7 Å². The quantitative estimate of drug-likeness (QED) is 0.667. The van der Waals surface area contributed by atoms with Crippen LogP contribution < -0.4 is 0 Å². The zero-order valence-electron chi connectivity index (χ0n) is 14.3. The van der Waals surface area contributed by atoms with Crippen molar-refractivity contribution in [2.75, 3.05) is 32.7 Å². The van der Waals surface area contributed by atoms with Crippen molar-refractivity contribution in [2.45, 2.75) is 0 Å². The Kier molecular flexibility index (Phi) is 4.77. The summed E-state index contributed by atoms with van der Waals surface area (Å²) < 4.78 is 0. The molecule has 0 atom stereocenters. The van der Waals surface area contributed by atoms with Crippen molar-refractivity contribution in [3.63, 3.8) is 0 Å². The molecule has 0 unspecified atom stereocenters. The number of carbonyl (C=O) groups excluding carboxylic acids is 2. The average molecular weight is 365 g/mol. The number of thiophene rings is 1. The summed E-state index contributed by atoms with van der Waals surface area (Å²) in [4.78, 5) is 34.2. The molecule has 0 spiro atoms. The molecule has 5 nitrogen and oxygen atoms in total. The Hall–Kier alpha value is -2.57. The minimum absolute atomic E-state index is 0.0417. The Morgan fingerprint density at radius 2 is 1.77 bits per heavy atom. The van der Waals surface area contributed by atoms with Crippen LogP contribution in [0.15, 0.2) is 53.9 Å². The first kappa shape index (κ1) is 16.9. The fourth-order valence-electron chi connectivity index (χ4n) is 3.17. The van der Waals surface area contributed by atoms with Crippen LogP contribution in [0.5, 0.6) is 0 Å². The lowest BCUT2D eigenvalue weighted by molar-refractivity contribution is 0.0620. The average Bonchev–Trinajstić information content (AvgIpc) is 3.23. The number of pyridine rings is 1. The molecule has 3 aromatic rings. The van der Waals surface area contributed by atoms with Gasteiger partial charge in [-0.25, -0.2) is 4.98 Å². The first-order chi connectivity index (χ1) is 12.7. The minimum Gasteiger partial charge on any atom is -0.335 e. The Labute approximate surface area is 155 Å². The Morgan fingerprint density at radius 3 is 2.54 bits per heavy atom. The second-order valence-electron chi connectivity index (χ2n) is 6.36. The summed E-state index contributed by atoms with van der Waals surface area (Å²) in [6.07, 6.45) is 0. The summed E-state index contributed by atoms with van der Waals surface area (Å²) in [5.41, 5.74) is 1.31. The smallest absolute Gasteiger partial charge is 0.272 e. The summed E-state index contributed by atoms with van der Waals surface area (Å²) >= 11 is 1.47. The Bertz CT molecular complexity index is 931. The van der Waals surface area contributed by atoms with Gasteiger partial charge in [0.1, 0.15) is 5.69 Å². The molecule has 1 aromatic carbocycles. The van der Waals surface area contributed by atoms with Crippen molar-refractivity contribution in [1.29, 1.82) is 0 Å². The van der Waals surface area contributed by atoms with E-state index in [-0.39, 0.29) is 11.7 Å². The van der Waals surface area contributed by atoms with E-state index in [4.69, 9.17) is 0 Å².